The molecule has 120 valence electrons. The van der Waals surface area contributed by atoms with Crippen LogP contribution in [0.1, 0.15) is 20.7 Å². The molecular formula is C17H11NO6. The van der Waals surface area contributed by atoms with Crippen LogP contribution in [0, 0.1) is 0 Å². The summed E-state index contributed by atoms with van der Waals surface area (Å²) < 4.78 is 5.08. The van der Waals surface area contributed by atoms with E-state index in [0.29, 0.717) is 11.0 Å². The van der Waals surface area contributed by atoms with Gasteiger partial charge in [0.15, 0.2) is 0 Å². The SMILES string of the molecule is O=C(O)c1ccc(NC(=O)c2cc3ccccc3oc2=O)cc1O. The Hall–Kier alpha value is -3.61. The maximum absolute atomic E-state index is 12.2. The van der Waals surface area contributed by atoms with Gasteiger partial charge in [0.2, 0.25) is 0 Å². The fraction of sp³-hybridized carbons (Fsp3) is 0. The Labute approximate surface area is 134 Å². The van der Waals surface area contributed by atoms with Crippen LogP contribution < -0.4 is 10.9 Å². The largest absolute Gasteiger partial charge is 0.507 e. The number of fused-ring (bicyclic) bond motifs is 1. The third kappa shape index (κ3) is 2.82. The van der Waals surface area contributed by atoms with Crippen LogP contribution in [0.15, 0.2) is 57.7 Å². The molecule has 7 heteroatoms. The van der Waals surface area contributed by atoms with Gasteiger partial charge in [-0.3, -0.25) is 4.79 Å². The number of carbonyl (C=O) groups is 2. The Morgan fingerprint density at radius 1 is 1.00 bits per heavy atom. The second kappa shape index (κ2) is 5.88. The predicted molar refractivity (Wildman–Crippen MR) is 85.5 cm³/mol. The average molecular weight is 325 g/mol. The van der Waals surface area contributed by atoms with Crippen molar-refractivity contribution in [2.75, 3.05) is 5.32 Å². The van der Waals surface area contributed by atoms with Gasteiger partial charge in [-0.05, 0) is 24.3 Å². The van der Waals surface area contributed by atoms with Crippen molar-refractivity contribution >= 4 is 28.5 Å². The number of carboxylic acids is 1. The van der Waals surface area contributed by atoms with Gasteiger partial charge in [-0.2, -0.15) is 0 Å². The summed E-state index contributed by atoms with van der Waals surface area (Å²) in [5, 5.41) is 21.5. The van der Waals surface area contributed by atoms with Gasteiger partial charge in [0.1, 0.15) is 22.5 Å². The zero-order valence-corrected chi connectivity index (χ0v) is 12.1. The Kier molecular flexibility index (Phi) is 3.75. The van der Waals surface area contributed by atoms with Crippen LogP contribution in [-0.2, 0) is 0 Å². The summed E-state index contributed by atoms with van der Waals surface area (Å²) in [7, 11) is 0. The highest BCUT2D eigenvalue weighted by atomic mass is 16.4. The van der Waals surface area contributed by atoms with E-state index in [2.05, 4.69) is 5.32 Å². The maximum atomic E-state index is 12.2. The van der Waals surface area contributed by atoms with E-state index in [1.807, 2.05) is 0 Å². The van der Waals surface area contributed by atoms with Crippen molar-refractivity contribution in [2.45, 2.75) is 0 Å². The summed E-state index contributed by atoms with van der Waals surface area (Å²) in [6.45, 7) is 0. The van der Waals surface area contributed by atoms with Crippen LogP contribution in [0.25, 0.3) is 11.0 Å². The van der Waals surface area contributed by atoms with Crippen LogP contribution in [0.3, 0.4) is 0 Å². The Morgan fingerprint density at radius 3 is 2.46 bits per heavy atom. The van der Waals surface area contributed by atoms with Gasteiger partial charge in [-0.25, -0.2) is 9.59 Å². The molecule has 0 bridgehead atoms. The fourth-order valence-electron chi connectivity index (χ4n) is 2.21. The number of para-hydroxylation sites is 1. The van der Waals surface area contributed by atoms with Crippen LogP contribution in [-0.4, -0.2) is 22.1 Å². The number of hydrogen-bond donors (Lipinski definition) is 3. The van der Waals surface area contributed by atoms with Crippen molar-refractivity contribution in [1.29, 1.82) is 0 Å². The molecule has 0 fully saturated rings. The lowest BCUT2D eigenvalue weighted by Gasteiger charge is -2.07. The van der Waals surface area contributed by atoms with Crippen molar-refractivity contribution in [3.8, 4) is 5.75 Å². The predicted octanol–water partition coefficient (Wildman–Crippen LogP) is 2.45. The fourth-order valence-corrected chi connectivity index (χ4v) is 2.21. The minimum Gasteiger partial charge on any atom is -0.507 e. The molecule has 24 heavy (non-hydrogen) atoms. The second-order valence-electron chi connectivity index (χ2n) is 4.98. The molecular weight excluding hydrogens is 314 g/mol. The first kappa shape index (κ1) is 15.3. The standard InChI is InChI=1S/C17H11NO6/c19-13-8-10(5-6-11(13)16(21)22)18-15(20)12-7-9-3-1-2-4-14(9)24-17(12)23/h1-8,19H,(H,18,20)(H,21,22). The quantitative estimate of drug-likeness (QED) is 0.637. The van der Waals surface area contributed by atoms with Gasteiger partial charge in [0, 0.05) is 17.1 Å². The van der Waals surface area contributed by atoms with Gasteiger partial charge in [-0.15, -0.1) is 0 Å². The number of rotatable bonds is 3. The molecule has 2 aromatic carbocycles. The molecule has 0 saturated carbocycles. The second-order valence-corrected chi connectivity index (χ2v) is 4.98. The summed E-state index contributed by atoms with van der Waals surface area (Å²) in [5.41, 5.74) is -0.774. The van der Waals surface area contributed by atoms with Crippen LogP contribution in [0.5, 0.6) is 5.75 Å². The summed E-state index contributed by atoms with van der Waals surface area (Å²) in [6, 6.07) is 11.7. The number of hydrogen-bond acceptors (Lipinski definition) is 5. The molecule has 0 unspecified atom stereocenters. The lowest BCUT2D eigenvalue weighted by atomic mass is 10.1. The summed E-state index contributed by atoms with van der Waals surface area (Å²) in [4.78, 5) is 35.0. The van der Waals surface area contributed by atoms with Crippen molar-refractivity contribution in [2.24, 2.45) is 0 Å². The average Bonchev–Trinajstić information content (AvgIpc) is 2.53. The Balaban J connectivity index is 1.93. The first-order valence-corrected chi connectivity index (χ1v) is 6.86. The van der Waals surface area contributed by atoms with E-state index in [9.17, 15) is 19.5 Å². The molecule has 0 aliphatic rings. The molecule has 3 rings (SSSR count). The van der Waals surface area contributed by atoms with Crippen molar-refractivity contribution in [3.63, 3.8) is 0 Å². The number of nitrogens with one attached hydrogen (secondary N) is 1. The minimum atomic E-state index is -1.29. The number of anilines is 1. The van der Waals surface area contributed by atoms with E-state index < -0.39 is 23.3 Å². The van der Waals surface area contributed by atoms with Crippen LogP contribution in [0.2, 0.25) is 0 Å². The number of carbonyl (C=O) groups excluding carboxylic acids is 1. The van der Waals surface area contributed by atoms with Crippen molar-refractivity contribution in [1.82, 2.24) is 0 Å². The number of amides is 1. The molecule has 3 N–H and O–H groups in total. The zero-order chi connectivity index (χ0) is 17.3. The zero-order valence-electron chi connectivity index (χ0n) is 12.1. The molecule has 0 aliphatic carbocycles. The number of aromatic carboxylic acids is 1. The Morgan fingerprint density at radius 2 is 1.75 bits per heavy atom. The van der Waals surface area contributed by atoms with E-state index in [-0.39, 0.29) is 16.8 Å². The van der Waals surface area contributed by atoms with Gasteiger partial charge >= 0.3 is 11.6 Å². The highest BCUT2D eigenvalue weighted by Crippen LogP contribution is 2.22. The van der Waals surface area contributed by atoms with Gasteiger partial charge < -0.3 is 19.9 Å². The molecule has 7 nitrogen and oxygen atoms in total. The van der Waals surface area contributed by atoms with Crippen molar-refractivity contribution in [3.05, 3.63) is 70.1 Å². The lowest BCUT2D eigenvalue weighted by Crippen LogP contribution is -2.20. The number of carboxylic acid groups (broad SMARTS) is 1. The monoisotopic (exact) mass is 325 g/mol. The first-order valence-electron chi connectivity index (χ1n) is 6.86. The Bertz CT molecular complexity index is 1020. The van der Waals surface area contributed by atoms with Gasteiger partial charge in [0.05, 0.1) is 0 Å². The van der Waals surface area contributed by atoms with E-state index in [4.69, 9.17) is 9.52 Å². The number of phenols is 1. The molecule has 0 aliphatic heterocycles. The van der Waals surface area contributed by atoms with Gasteiger partial charge in [0.25, 0.3) is 5.91 Å². The smallest absolute Gasteiger partial charge is 0.349 e. The third-order valence-corrected chi connectivity index (χ3v) is 3.37. The molecule has 1 amide bonds. The molecule has 1 heterocycles. The normalized spacial score (nSPS) is 10.5. The summed E-state index contributed by atoms with van der Waals surface area (Å²) in [6.07, 6.45) is 0. The molecule has 0 radical (unpaired) electrons. The van der Waals surface area contributed by atoms with Crippen molar-refractivity contribution < 1.29 is 24.2 Å². The highest BCUT2D eigenvalue weighted by molar-refractivity contribution is 6.05. The number of benzene rings is 2. The topological polar surface area (TPSA) is 117 Å². The molecule has 0 atom stereocenters. The van der Waals surface area contributed by atoms with Crippen LogP contribution in [0.4, 0.5) is 5.69 Å². The van der Waals surface area contributed by atoms with E-state index in [1.165, 1.54) is 12.1 Å². The molecule has 0 saturated heterocycles. The minimum absolute atomic E-state index is 0.148. The third-order valence-electron chi connectivity index (χ3n) is 3.37. The highest BCUT2D eigenvalue weighted by Gasteiger charge is 2.15. The number of aromatic hydroxyl groups is 1. The summed E-state index contributed by atoms with van der Waals surface area (Å²) in [5.74, 6) is -2.51. The first-order chi connectivity index (χ1) is 11.5. The van der Waals surface area contributed by atoms with E-state index in [0.717, 1.165) is 12.1 Å². The van der Waals surface area contributed by atoms with Crippen LogP contribution >= 0.6 is 0 Å². The maximum Gasteiger partial charge on any atom is 0.349 e. The molecule has 0 spiro atoms. The van der Waals surface area contributed by atoms with E-state index >= 15 is 0 Å². The lowest BCUT2D eigenvalue weighted by molar-refractivity contribution is 0.0693. The van der Waals surface area contributed by atoms with E-state index in [1.54, 1.807) is 24.3 Å². The summed E-state index contributed by atoms with van der Waals surface area (Å²) >= 11 is 0. The van der Waals surface area contributed by atoms with Gasteiger partial charge in [-0.1, -0.05) is 18.2 Å². The molecule has 3 aromatic rings. The molecule has 1 aromatic heterocycles.